The Labute approximate surface area is 119 Å². The first kappa shape index (κ1) is 14.4. The highest BCUT2D eigenvalue weighted by Gasteiger charge is 2.14. The van der Waals surface area contributed by atoms with Gasteiger partial charge in [0, 0.05) is 17.5 Å². The lowest BCUT2D eigenvalue weighted by Gasteiger charge is -2.14. The molecule has 0 aliphatic heterocycles. The number of fused-ring (bicyclic) bond motifs is 1. The SMILES string of the molecule is CC(CN)CCc1nc2ccc(Cl)cc2n1C(C)C. The lowest BCUT2D eigenvalue weighted by molar-refractivity contribution is 0.510. The van der Waals surface area contributed by atoms with Gasteiger partial charge in [-0.05, 0) is 50.9 Å². The fraction of sp³-hybridized carbons (Fsp3) is 0.533. The predicted octanol–water partition coefficient (Wildman–Crippen LogP) is 3.80. The maximum Gasteiger partial charge on any atom is 0.110 e. The van der Waals surface area contributed by atoms with Crippen LogP contribution in [0.3, 0.4) is 0 Å². The lowest BCUT2D eigenvalue weighted by Crippen LogP contribution is -2.13. The van der Waals surface area contributed by atoms with Crippen molar-refractivity contribution in [1.82, 2.24) is 9.55 Å². The van der Waals surface area contributed by atoms with Crippen LogP contribution in [0, 0.1) is 5.92 Å². The Morgan fingerprint density at radius 3 is 2.68 bits per heavy atom. The highest BCUT2D eigenvalue weighted by Crippen LogP contribution is 2.25. The average Bonchev–Trinajstić information content (AvgIpc) is 2.73. The van der Waals surface area contributed by atoms with Crippen LogP contribution in [-0.4, -0.2) is 16.1 Å². The number of aryl methyl sites for hydroxylation is 1. The Morgan fingerprint density at radius 1 is 1.32 bits per heavy atom. The number of halogens is 1. The first-order chi connectivity index (χ1) is 9.02. The fourth-order valence-electron chi connectivity index (χ4n) is 2.36. The van der Waals surface area contributed by atoms with E-state index >= 15 is 0 Å². The van der Waals surface area contributed by atoms with Gasteiger partial charge >= 0.3 is 0 Å². The van der Waals surface area contributed by atoms with Crippen LogP contribution in [0.5, 0.6) is 0 Å². The number of imidazole rings is 1. The van der Waals surface area contributed by atoms with Crippen LogP contribution in [0.25, 0.3) is 11.0 Å². The van der Waals surface area contributed by atoms with Crippen molar-refractivity contribution in [1.29, 1.82) is 0 Å². The molecule has 0 saturated heterocycles. The largest absolute Gasteiger partial charge is 0.330 e. The molecule has 1 heterocycles. The summed E-state index contributed by atoms with van der Waals surface area (Å²) in [5, 5.41) is 0.760. The third-order valence-corrected chi connectivity index (χ3v) is 3.74. The number of hydrogen-bond donors (Lipinski definition) is 1. The molecule has 0 radical (unpaired) electrons. The van der Waals surface area contributed by atoms with Gasteiger partial charge in [0.1, 0.15) is 5.82 Å². The van der Waals surface area contributed by atoms with Gasteiger partial charge in [-0.2, -0.15) is 0 Å². The van der Waals surface area contributed by atoms with Gasteiger partial charge < -0.3 is 10.3 Å². The highest BCUT2D eigenvalue weighted by molar-refractivity contribution is 6.31. The highest BCUT2D eigenvalue weighted by atomic mass is 35.5. The van der Waals surface area contributed by atoms with Gasteiger partial charge in [0.2, 0.25) is 0 Å². The van der Waals surface area contributed by atoms with Crippen molar-refractivity contribution in [2.45, 2.75) is 39.7 Å². The molecule has 0 saturated carbocycles. The molecular formula is C15H22ClN3. The molecule has 3 nitrogen and oxygen atoms in total. The molecule has 0 spiro atoms. The minimum atomic E-state index is 0.381. The van der Waals surface area contributed by atoms with Crippen LogP contribution in [-0.2, 0) is 6.42 Å². The van der Waals surface area contributed by atoms with Gasteiger partial charge in [-0.3, -0.25) is 0 Å². The lowest BCUT2D eigenvalue weighted by atomic mass is 10.1. The maximum atomic E-state index is 6.10. The van der Waals surface area contributed by atoms with Gasteiger partial charge in [-0.1, -0.05) is 18.5 Å². The van der Waals surface area contributed by atoms with Gasteiger partial charge in [-0.25, -0.2) is 4.98 Å². The Balaban J connectivity index is 2.39. The summed E-state index contributed by atoms with van der Waals surface area (Å²) in [4.78, 5) is 4.74. The Kier molecular flexibility index (Phi) is 4.48. The van der Waals surface area contributed by atoms with Crippen molar-refractivity contribution < 1.29 is 0 Å². The second-order valence-corrected chi connectivity index (χ2v) is 5.94. The molecule has 2 N–H and O–H groups in total. The predicted molar refractivity (Wildman–Crippen MR) is 81.7 cm³/mol. The summed E-state index contributed by atoms with van der Waals surface area (Å²) in [6, 6.07) is 6.27. The van der Waals surface area contributed by atoms with Crippen molar-refractivity contribution in [2.24, 2.45) is 11.7 Å². The third kappa shape index (κ3) is 3.10. The molecule has 0 amide bonds. The molecule has 0 bridgehead atoms. The Morgan fingerprint density at radius 2 is 2.05 bits per heavy atom. The van der Waals surface area contributed by atoms with E-state index in [0.717, 1.165) is 41.3 Å². The van der Waals surface area contributed by atoms with Crippen molar-refractivity contribution in [3.8, 4) is 0 Å². The van der Waals surface area contributed by atoms with Crippen LogP contribution >= 0.6 is 11.6 Å². The maximum absolute atomic E-state index is 6.10. The van der Waals surface area contributed by atoms with Crippen LogP contribution in [0.2, 0.25) is 5.02 Å². The number of nitrogens with zero attached hydrogens (tertiary/aromatic N) is 2. The second kappa shape index (κ2) is 5.93. The van der Waals surface area contributed by atoms with E-state index in [4.69, 9.17) is 22.3 Å². The number of benzene rings is 1. The van der Waals surface area contributed by atoms with Crippen molar-refractivity contribution in [3.05, 3.63) is 29.0 Å². The molecule has 1 aromatic heterocycles. The summed E-state index contributed by atoms with van der Waals surface area (Å²) in [5.41, 5.74) is 7.83. The normalized spacial score (nSPS) is 13.4. The third-order valence-electron chi connectivity index (χ3n) is 3.50. The zero-order chi connectivity index (χ0) is 14.0. The molecule has 1 aromatic carbocycles. The van der Waals surface area contributed by atoms with Crippen molar-refractivity contribution in [3.63, 3.8) is 0 Å². The van der Waals surface area contributed by atoms with Crippen LogP contribution in [0.15, 0.2) is 18.2 Å². The van der Waals surface area contributed by atoms with E-state index in [-0.39, 0.29) is 0 Å². The van der Waals surface area contributed by atoms with Crippen molar-refractivity contribution in [2.75, 3.05) is 6.54 Å². The molecule has 104 valence electrons. The minimum Gasteiger partial charge on any atom is -0.330 e. The van der Waals surface area contributed by atoms with E-state index in [9.17, 15) is 0 Å². The summed E-state index contributed by atoms with van der Waals surface area (Å²) in [5.74, 6) is 1.66. The van der Waals surface area contributed by atoms with Crippen LogP contribution < -0.4 is 5.73 Å². The first-order valence-corrected chi connectivity index (χ1v) is 7.27. The molecule has 2 aromatic rings. The quantitative estimate of drug-likeness (QED) is 0.905. The number of rotatable bonds is 5. The van der Waals surface area contributed by atoms with Gasteiger partial charge in [-0.15, -0.1) is 0 Å². The van der Waals surface area contributed by atoms with E-state index in [2.05, 4.69) is 25.3 Å². The summed E-state index contributed by atoms with van der Waals surface area (Å²) in [6.45, 7) is 7.27. The molecule has 0 aliphatic carbocycles. The fourth-order valence-corrected chi connectivity index (χ4v) is 2.53. The van der Waals surface area contributed by atoms with Gasteiger partial charge in [0.25, 0.3) is 0 Å². The minimum absolute atomic E-state index is 0.381. The molecule has 0 aliphatic rings. The number of nitrogens with two attached hydrogens (primary N) is 1. The smallest absolute Gasteiger partial charge is 0.110 e. The Bertz CT molecular complexity index is 560. The van der Waals surface area contributed by atoms with E-state index in [1.807, 2.05) is 18.2 Å². The standard InChI is InChI=1S/C15H22ClN3/c1-10(2)19-14-8-12(16)5-6-13(14)18-15(19)7-4-11(3)9-17/h5-6,8,10-11H,4,7,9,17H2,1-3H3. The molecule has 0 fully saturated rings. The molecule has 4 heteroatoms. The number of aromatic nitrogens is 2. The molecule has 2 rings (SSSR count). The molecular weight excluding hydrogens is 258 g/mol. The average molecular weight is 280 g/mol. The van der Waals surface area contributed by atoms with Crippen molar-refractivity contribution >= 4 is 22.6 Å². The zero-order valence-corrected chi connectivity index (χ0v) is 12.6. The summed E-state index contributed by atoms with van der Waals surface area (Å²) >= 11 is 6.10. The van der Waals surface area contributed by atoms with Crippen LogP contribution in [0.4, 0.5) is 0 Å². The molecule has 1 unspecified atom stereocenters. The summed E-state index contributed by atoms with van der Waals surface area (Å²) in [7, 11) is 0. The second-order valence-electron chi connectivity index (χ2n) is 5.50. The number of hydrogen-bond acceptors (Lipinski definition) is 2. The summed E-state index contributed by atoms with van der Waals surface area (Å²) < 4.78 is 2.28. The monoisotopic (exact) mass is 279 g/mol. The zero-order valence-electron chi connectivity index (χ0n) is 11.9. The van der Waals surface area contributed by atoms with Gasteiger partial charge in [0.15, 0.2) is 0 Å². The van der Waals surface area contributed by atoms with E-state index < -0.39 is 0 Å². The van der Waals surface area contributed by atoms with E-state index in [1.54, 1.807) is 0 Å². The van der Waals surface area contributed by atoms with Crippen LogP contribution in [0.1, 0.15) is 39.1 Å². The van der Waals surface area contributed by atoms with E-state index in [0.29, 0.717) is 12.0 Å². The van der Waals surface area contributed by atoms with E-state index in [1.165, 1.54) is 0 Å². The van der Waals surface area contributed by atoms with Gasteiger partial charge in [0.05, 0.1) is 11.0 Å². The topological polar surface area (TPSA) is 43.8 Å². The molecule has 19 heavy (non-hydrogen) atoms. The Hall–Kier alpha value is -1.06. The summed E-state index contributed by atoms with van der Waals surface area (Å²) in [6.07, 6.45) is 2.03. The first-order valence-electron chi connectivity index (χ1n) is 6.89. The molecule has 1 atom stereocenters.